The van der Waals surface area contributed by atoms with Gasteiger partial charge in [-0.05, 0) is 118 Å². The van der Waals surface area contributed by atoms with Gasteiger partial charge in [-0.3, -0.25) is 4.57 Å². The van der Waals surface area contributed by atoms with Crippen molar-refractivity contribution in [3.63, 3.8) is 0 Å². The number of halogens is 7. The van der Waals surface area contributed by atoms with Crippen LogP contribution in [-0.2, 0) is 50.2 Å². The van der Waals surface area contributed by atoms with Gasteiger partial charge in [-0.25, -0.2) is 54.1 Å². The number of aromatic nitrogens is 12. The molecule has 28 nitrogen and oxygen atoms in total. The number of morpholine rings is 2. The predicted molar refractivity (Wildman–Crippen MR) is 396 cm³/mol. The molecule has 6 aromatic rings. The first-order valence-corrected chi connectivity index (χ1v) is 44.5. The first-order chi connectivity index (χ1) is 49.7. The van der Waals surface area contributed by atoms with Crippen LogP contribution in [0.25, 0.3) is 33.7 Å². The van der Waals surface area contributed by atoms with Crippen LogP contribution in [0.3, 0.4) is 0 Å². The quantitative estimate of drug-likeness (QED) is 0.0465. The number of hydrogen-bond acceptors (Lipinski definition) is 24. The van der Waals surface area contributed by atoms with Gasteiger partial charge in [-0.1, -0.05) is 7.43 Å². The molecule has 10 heterocycles. The number of nitrogens with zero attached hydrogens (tertiary/aromatic N) is 16. The number of anilines is 4. The molecule has 4 aliphatic rings. The van der Waals surface area contributed by atoms with Crippen molar-refractivity contribution in [1.82, 2.24) is 59.0 Å². The summed E-state index contributed by atoms with van der Waals surface area (Å²) in [5.74, 6) is -0.673. The van der Waals surface area contributed by atoms with E-state index in [9.17, 15) is 45.5 Å². The molecule has 10 rings (SSSR count). The second-order valence-corrected chi connectivity index (χ2v) is 43.9. The zero-order chi connectivity index (χ0) is 77.7. The molecule has 107 heavy (non-hydrogen) atoms. The summed E-state index contributed by atoms with van der Waals surface area (Å²) in [5.41, 5.74) is -5.00. The summed E-state index contributed by atoms with van der Waals surface area (Å²) in [6.45, 7) is 31.6. The zero-order valence-electron chi connectivity index (χ0n) is 63.3. The van der Waals surface area contributed by atoms with Gasteiger partial charge < -0.3 is 33.3 Å². The zero-order valence-corrected chi connectivity index (χ0v) is 67.8. The SMILES string of the molecule is C.CC(C)(C)OC(=O)N(C(=O)OC(C)(C)C)c1ncc(-c2nc(N3CCOCC3)c3ncn(C4CCCCO4)c3n2)c(C(F)(F)F)n1.CC(C)(C)OC(=O)N(C(=O)OC(C)(C)C)c1ncc(Br)c(C(F)(F)F)n1.CCC[CH2][Sn]([CH2]CCC)([CH2]CCC)[c]1nc(N2CCOCC2)c2ncn(C3CCCCO3)c2n1. The number of fused-ring (bicyclic) bond motifs is 2. The number of amides is 4. The number of rotatable bonds is 17. The van der Waals surface area contributed by atoms with Crippen LogP contribution in [-0.4, -0.2) is 190 Å². The van der Waals surface area contributed by atoms with E-state index < -0.39 is 117 Å². The molecule has 2 atom stereocenters. The molecule has 0 bridgehead atoms. The number of alkyl halides is 6. The third kappa shape index (κ3) is 23.8. The van der Waals surface area contributed by atoms with E-state index in [4.69, 9.17) is 52.8 Å². The molecular formula is C71H105BrF6N16O12Sn. The average molecular weight is 1690 g/mol. The third-order valence-corrected chi connectivity index (χ3v) is 32.0. The Hall–Kier alpha value is -6.96. The molecule has 0 N–H and O–H groups in total. The monoisotopic (exact) mass is 1690 g/mol. The summed E-state index contributed by atoms with van der Waals surface area (Å²) in [6.07, 6.45) is 3.24. The fourth-order valence-corrected chi connectivity index (χ4v) is 27.2. The number of carbonyl (C=O) groups is 4. The Morgan fingerprint density at radius 1 is 0.505 bits per heavy atom. The van der Waals surface area contributed by atoms with Gasteiger partial charge in [0.1, 0.15) is 28.6 Å². The molecule has 594 valence electrons. The molecule has 4 fully saturated rings. The van der Waals surface area contributed by atoms with Gasteiger partial charge in [-0.2, -0.15) is 26.3 Å². The number of carbonyl (C=O) groups excluding carboxylic acids is 4. The first-order valence-electron chi connectivity index (χ1n) is 36.2. The molecule has 6 aromatic heterocycles. The van der Waals surface area contributed by atoms with E-state index >= 15 is 0 Å². The maximum atomic E-state index is 14.7. The Morgan fingerprint density at radius 2 is 0.879 bits per heavy atom. The van der Waals surface area contributed by atoms with Gasteiger partial charge in [0, 0.05) is 32.1 Å². The molecule has 36 heteroatoms. The van der Waals surface area contributed by atoms with Crippen LogP contribution in [0, 0.1) is 0 Å². The second kappa shape index (κ2) is 37.2. The standard InChI is InChI=1S/C29H37F3N8O6.C15H19BrF3N3O4.C14H18N5O2.3C4H9.CH4.Sn/c1-27(2,3)45-25(41)40(26(42)46-28(4,5)6)24-33-15-17(20(35-24)29(30,31)32)21-36-22(38-10-13-43-14-11-38)19-23(37-21)39(16-34-19)18-9-7-8-12-44-18;1-13(2,3)25-11(23)22(12(24)26-14(4,5)6)10-20-7-8(16)9(21-10)15(17,18)19;1-2-6-21-11(3-1)19-10-17-12-13(15-9-16-14(12)19)18-4-7-20-8-5-18;3*1-3-4-2;;/h15-16,18H,7-14H2,1-6H3;7H,1-6H3;10-11H,1-8H2;3*1,3-4H2,2H3;1H4;. The summed E-state index contributed by atoms with van der Waals surface area (Å²) >= 11 is -0.127. The van der Waals surface area contributed by atoms with Crippen LogP contribution in [0.2, 0.25) is 13.3 Å². The Bertz CT molecular complexity index is 3870. The van der Waals surface area contributed by atoms with E-state index in [1.807, 2.05) is 11.2 Å². The fraction of sp³-hybridized carbons (Fsp3) is 0.690. The van der Waals surface area contributed by atoms with Crippen LogP contribution in [0.4, 0.5) is 69.1 Å². The van der Waals surface area contributed by atoms with Gasteiger partial charge in [-0.15, -0.1) is 9.80 Å². The van der Waals surface area contributed by atoms with E-state index in [0.717, 1.165) is 88.0 Å². The molecule has 4 amide bonds. The summed E-state index contributed by atoms with van der Waals surface area (Å²) in [6, 6.07) is 0. The van der Waals surface area contributed by atoms with Crippen LogP contribution < -0.4 is 23.4 Å². The van der Waals surface area contributed by atoms with E-state index in [0.29, 0.717) is 50.7 Å². The number of unbranched alkanes of at least 4 members (excludes halogenated alkanes) is 3. The van der Waals surface area contributed by atoms with Crippen molar-refractivity contribution in [1.29, 1.82) is 0 Å². The van der Waals surface area contributed by atoms with E-state index in [2.05, 4.69) is 81.1 Å². The van der Waals surface area contributed by atoms with Crippen molar-refractivity contribution in [3.8, 4) is 11.4 Å². The average Bonchev–Trinajstić information content (AvgIpc) is 1.69. The van der Waals surface area contributed by atoms with Crippen molar-refractivity contribution in [2.24, 2.45) is 0 Å². The minimum absolute atomic E-state index is 0. The van der Waals surface area contributed by atoms with Gasteiger partial charge in [0.25, 0.3) is 0 Å². The van der Waals surface area contributed by atoms with Crippen molar-refractivity contribution < 1.29 is 83.4 Å². The van der Waals surface area contributed by atoms with Crippen LogP contribution in [0.15, 0.2) is 29.5 Å². The predicted octanol–water partition coefficient (Wildman–Crippen LogP) is 16.5. The Balaban J connectivity index is 0.000000233. The van der Waals surface area contributed by atoms with E-state index in [1.165, 1.54) is 145 Å². The number of hydrogen-bond donors (Lipinski definition) is 0. The van der Waals surface area contributed by atoms with Gasteiger partial charge in [0.15, 0.2) is 34.2 Å². The molecule has 0 radical (unpaired) electrons. The third-order valence-electron chi connectivity index (χ3n) is 16.8. The number of ether oxygens (including phenoxy) is 8. The Kier molecular flexibility index (Phi) is 30.3. The normalized spacial score (nSPS) is 17.1. The molecule has 4 saturated heterocycles. The molecule has 0 aromatic carbocycles. The van der Waals surface area contributed by atoms with Crippen LogP contribution in [0.1, 0.15) is 212 Å². The van der Waals surface area contributed by atoms with Crippen LogP contribution in [0.5, 0.6) is 0 Å². The topological polar surface area (TPSA) is 294 Å². The fourth-order valence-electron chi connectivity index (χ4n) is 11.9. The van der Waals surface area contributed by atoms with Crippen molar-refractivity contribution in [2.45, 2.75) is 249 Å². The van der Waals surface area contributed by atoms with Crippen molar-refractivity contribution in [3.05, 3.63) is 40.9 Å². The molecule has 0 saturated carbocycles. The number of imidazole rings is 2. The summed E-state index contributed by atoms with van der Waals surface area (Å²) in [5, 5.41) is 0. The van der Waals surface area contributed by atoms with Gasteiger partial charge >= 0.3 is 247 Å². The van der Waals surface area contributed by atoms with E-state index in [-0.39, 0.29) is 34.9 Å². The van der Waals surface area contributed by atoms with Gasteiger partial charge in [0.2, 0.25) is 11.9 Å². The van der Waals surface area contributed by atoms with Crippen LogP contribution >= 0.6 is 15.9 Å². The second-order valence-electron chi connectivity index (χ2n) is 30.2. The van der Waals surface area contributed by atoms with Crippen molar-refractivity contribution in [2.75, 3.05) is 85.4 Å². The summed E-state index contributed by atoms with van der Waals surface area (Å²) in [4.78, 5) is 99.6. The number of imide groups is 2. The summed E-state index contributed by atoms with van der Waals surface area (Å²) in [7, 11) is 0. The minimum atomic E-state index is -5.08. The first kappa shape index (κ1) is 87.3. The molecule has 2 unspecified atom stereocenters. The Labute approximate surface area is 633 Å². The van der Waals surface area contributed by atoms with Crippen molar-refractivity contribution >= 4 is 108 Å². The molecule has 0 spiro atoms. The van der Waals surface area contributed by atoms with Gasteiger partial charge in [0.05, 0.1) is 29.6 Å². The molecule has 4 aliphatic heterocycles. The Morgan fingerprint density at radius 3 is 1.24 bits per heavy atom. The molecule has 0 aliphatic carbocycles. The maximum absolute atomic E-state index is 14.7. The van der Waals surface area contributed by atoms with E-state index in [1.54, 1.807) is 10.9 Å². The summed E-state index contributed by atoms with van der Waals surface area (Å²) < 4.78 is 136. The molecular weight excluding hydrogens is 1580 g/mol.